The van der Waals surface area contributed by atoms with Gasteiger partial charge in [0.1, 0.15) is 5.82 Å². The lowest BCUT2D eigenvalue weighted by molar-refractivity contribution is 0.0526. The molecule has 21 heavy (non-hydrogen) atoms. The van der Waals surface area contributed by atoms with Crippen molar-refractivity contribution in [3.05, 3.63) is 53.7 Å². The summed E-state index contributed by atoms with van der Waals surface area (Å²) in [4.78, 5) is 15.8. The fourth-order valence-corrected chi connectivity index (χ4v) is 1.90. The standard InChI is InChI=1S/C17H20N2O2/c1-4-21-17(20)14-7-10-16(18-11-14)19-15-8-5-13(6-9-15)12(2)3/h5-12H,4H2,1-3H3,(H,18,19). The molecule has 4 nitrogen and oxygen atoms in total. The van der Waals surface area contributed by atoms with Crippen molar-refractivity contribution in [1.29, 1.82) is 0 Å². The SMILES string of the molecule is CCOC(=O)c1ccc(Nc2ccc(C(C)C)cc2)nc1. The van der Waals surface area contributed by atoms with Crippen molar-refractivity contribution in [2.24, 2.45) is 0 Å². The average Bonchev–Trinajstić information content (AvgIpc) is 2.49. The summed E-state index contributed by atoms with van der Waals surface area (Å²) in [5, 5.41) is 3.20. The Bertz CT molecular complexity index is 589. The highest BCUT2D eigenvalue weighted by Crippen LogP contribution is 2.19. The highest BCUT2D eigenvalue weighted by atomic mass is 16.5. The fraction of sp³-hybridized carbons (Fsp3) is 0.294. The van der Waals surface area contributed by atoms with E-state index in [4.69, 9.17) is 4.74 Å². The number of benzene rings is 1. The normalized spacial score (nSPS) is 10.5. The number of ether oxygens (including phenoxy) is 1. The fourth-order valence-electron chi connectivity index (χ4n) is 1.90. The van der Waals surface area contributed by atoms with Crippen LogP contribution in [-0.2, 0) is 4.74 Å². The molecule has 110 valence electrons. The van der Waals surface area contributed by atoms with Crippen LogP contribution < -0.4 is 5.32 Å². The van der Waals surface area contributed by atoms with Gasteiger partial charge in [-0.3, -0.25) is 0 Å². The number of carbonyl (C=O) groups is 1. The van der Waals surface area contributed by atoms with Gasteiger partial charge in [-0.1, -0.05) is 26.0 Å². The number of rotatable bonds is 5. The first-order valence-electron chi connectivity index (χ1n) is 7.10. The maximum absolute atomic E-state index is 11.5. The molecule has 0 spiro atoms. The Morgan fingerprint density at radius 2 is 1.90 bits per heavy atom. The summed E-state index contributed by atoms with van der Waals surface area (Å²) in [5.74, 6) is 0.860. The van der Waals surface area contributed by atoms with Crippen LogP contribution >= 0.6 is 0 Å². The molecule has 1 N–H and O–H groups in total. The van der Waals surface area contributed by atoms with Crippen LogP contribution in [0.3, 0.4) is 0 Å². The lowest BCUT2D eigenvalue weighted by Crippen LogP contribution is -2.05. The van der Waals surface area contributed by atoms with Gasteiger partial charge in [0.25, 0.3) is 0 Å². The Morgan fingerprint density at radius 3 is 2.43 bits per heavy atom. The summed E-state index contributed by atoms with van der Waals surface area (Å²) in [5.41, 5.74) is 2.72. The van der Waals surface area contributed by atoms with Gasteiger partial charge in [0.05, 0.1) is 12.2 Å². The third-order valence-electron chi connectivity index (χ3n) is 3.12. The minimum Gasteiger partial charge on any atom is -0.462 e. The van der Waals surface area contributed by atoms with E-state index in [0.29, 0.717) is 23.9 Å². The van der Waals surface area contributed by atoms with Gasteiger partial charge in [-0.15, -0.1) is 0 Å². The van der Waals surface area contributed by atoms with E-state index in [1.807, 2.05) is 12.1 Å². The van der Waals surface area contributed by atoms with E-state index >= 15 is 0 Å². The van der Waals surface area contributed by atoms with E-state index in [1.165, 1.54) is 11.8 Å². The maximum Gasteiger partial charge on any atom is 0.339 e. The Morgan fingerprint density at radius 1 is 1.19 bits per heavy atom. The van der Waals surface area contributed by atoms with E-state index in [2.05, 4.69) is 36.3 Å². The molecule has 0 bridgehead atoms. The second kappa shape index (κ2) is 6.88. The first-order chi connectivity index (χ1) is 10.1. The van der Waals surface area contributed by atoms with Crippen LogP contribution in [0.25, 0.3) is 0 Å². The molecule has 0 saturated carbocycles. The first-order valence-corrected chi connectivity index (χ1v) is 7.10. The van der Waals surface area contributed by atoms with Gasteiger partial charge in [-0.2, -0.15) is 0 Å². The number of hydrogen-bond donors (Lipinski definition) is 1. The molecule has 0 aliphatic rings. The van der Waals surface area contributed by atoms with Crippen molar-refractivity contribution < 1.29 is 9.53 Å². The molecule has 1 heterocycles. The molecule has 0 fully saturated rings. The van der Waals surface area contributed by atoms with Crippen LogP contribution in [0.15, 0.2) is 42.6 Å². The molecule has 4 heteroatoms. The third kappa shape index (κ3) is 4.05. The maximum atomic E-state index is 11.5. The smallest absolute Gasteiger partial charge is 0.339 e. The van der Waals surface area contributed by atoms with Gasteiger partial charge in [-0.25, -0.2) is 9.78 Å². The lowest BCUT2D eigenvalue weighted by atomic mass is 10.0. The molecular weight excluding hydrogens is 264 g/mol. The molecule has 0 unspecified atom stereocenters. The molecule has 0 aliphatic carbocycles. The van der Waals surface area contributed by atoms with Crippen molar-refractivity contribution in [1.82, 2.24) is 4.98 Å². The van der Waals surface area contributed by atoms with Gasteiger partial charge in [0, 0.05) is 11.9 Å². The molecule has 0 radical (unpaired) electrons. The van der Waals surface area contributed by atoms with E-state index in [0.717, 1.165) is 5.69 Å². The minimum atomic E-state index is -0.349. The Balaban J connectivity index is 2.04. The number of nitrogens with one attached hydrogen (secondary N) is 1. The van der Waals surface area contributed by atoms with E-state index in [-0.39, 0.29) is 5.97 Å². The van der Waals surface area contributed by atoms with Gasteiger partial charge in [0.15, 0.2) is 0 Å². The van der Waals surface area contributed by atoms with Gasteiger partial charge < -0.3 is 10.1 Å². The zero-order chi connectivity index (χ0) is 15.2. The first kappa shape index (κ1) is 15.0. The van der Waals surface area contributed by atoms with Crippen molar-refractivity contribution in [2.45, 2.75) is 26.7 Å². The predicted octanol–water partition coefficient (Wildman–Crippen LogP) is 4.13. The second-order valence-electron chi connectivity index (χ2n) is 5.05. The van der Waals surface area contributed by atoms with Crippen LogP contribution in [-0.4, -0.2) is 17.6 Å². The number of anilines is 2. The van der Waals surface area contributed by atoms with Gasteiger partial charge in [-0.05, 0) is 42.7 Å². The summed E-state index contributed by atoms with van der Waals surface area (Å²) in [6, 6.07) is 11.7. The third-order valence-corrected chi connectivity index (χ3v) is 3.12. The minimum absolute atomic E-state index is 0.349. The predicted molar refractivity (Wildman–Crippen MR) is 84.0 cm³/mol. The monoisotopic (exact) mass is 284 g/mol. The molecule has 0 atom stereocenters. The summed E-state index contributed by atoms with van der Waals surface area (Å²) >= 11 is 0. The number of nitrogens with zero attached hydrogens (tertiary/aromatic N) is 1. The van der Waals surface area contributed by atoms with E-state index < -0.39 is 0 Å². The number of aromatic nitrogens is 1. The molecule has 0 saturated heterocycles. The highest BCUT2D eigenvalue weighted by Gasteiger charge is 2.06. The van der Waals surface area contributed by atoms with Crippen LogP contribution in [0.5, 0.6) is 0 Å². The lowest BCUT2D eigenvalue weighted by Gasteiger charge is -2.09. The molecule has 2 rings (SSSR count). The van der Waals surface area contributed by atoms with Crippen LogP contribution in [0.2, 0.25) is 0 Å². The Labute approximate surface area is 125 Å². The quantitative estimate of drug-likeness (QED) is 0.839. The summed E-state index contributed by atoms with van der Waals surface area (Å²) in [6.07, 6.45) is 1.52. The number of hydrogen-bond acceptors (Lipinski definition) is 4. The van der Waals surface area contributed by atoms with Crippen LogP contribution in [0, 0.1) is 0 Å². The van der Waals surface area contributed by atoms with Gasteiger partial charge in [0.2, 0.25) is 0 Å². The summed E-state index contributed by atoms with van der Waals surface area (Å²) in [6.45, 7) is 6.47. The van der Waals surface area contributed by atoms with Crippen molar-refractivity contribution >= 4 is 17.5 Å². The molecule has 2 aromatic rings. The number of pyridine rings is 1. The molecule has 0 aliphatic heterocycles. The Kier molecular flexibility index (Phi) is 4.93. The second-order valence-corrected chi connectivity index (χ2v) is 5.05. The van der Waals surface area contributed by atoms with Gasteiger partial charge >= 0.3 is 5.97 Å². The molecule has 0 amide bonds. The zero-order valence-electron chi connectivity index (χ0n) is 12.6. The Hall–Kier alpha value is -2.36. The highest BCUT2D eigenvalue weighted by molar-refractivity contribution is 5.89. The molecular formula is C17H20N2O2. The van der Waals surface area contributed by atoms with Crippen LogP contribution in [0.1, 0.15) is 42.6 Å². The van der Waals surface area contributed by atoms with Crippen molar-refractivity contribution in [3.63, 3.8) is 0 Å². The molecule has 1 aromatic heterocycles. The zero-order valence-corrected chi connectivity index (χ0v) is 12.6. The van der Waals surface area contributed by atoms with E-state index in [1.54, 1.807) is 19.1 Å². The van der Waals surface area contributed by atoms with Crippen LogP contribution in [0.4, 0.5) is 11.5 Å². The topological polar surface area (TPSA) is 51.2 Å². The summed E-state index contributed by atoms with van der Waals surface area (Å²) in [7, 11) is 0. The molecule has 1 aromatic carbocycles. The van der Waals surface area contributed by atoms with Crippen molar-refractivity contribution in [2.75, 3.05) is 11.9 Å². The number of carbonyl (C=O) groups excluding carboxylic acids is 1. The summed E-state index contributed by atoms with van der Waals surface area (Å²) < 4.78 is 4.92. The number of esters is 1. The largest absolute Gasteiger partial charge is 0.462 e. The van der Waals surface area contributed by atoms with Crippen molar-refractivity contribution in [3.8, 4) is 0 Å². The van der Waals surface area contributed by atoms with E-state index in [9.17, 15) is 4.79 Å². The average molecular weight is 284 g/mol.